The van der Waals surface area contributed by atoms with Gasteiger partial charge in [0.1, 0.15) is 0 Å². The number of hydrogen-bond donors (Lipinski definition) is 2. The second-order valence-electron chi connectivity index (χ2n) is 6.31. The van der Waals surface area contributed by atoms with E-state index in [1.165, 1.54) is 0 Å². The topological polar surface area (TPSA) is 44.9 Å². The molecular weight excluding hydrogens is 328 g/mol. The number of hydrogen-bond acceptors (Lipinski definition) is 2. The van der Waals surface area contributed by atoms with Gasteiger partial charge in [-0.3, -0.25) is 4.79 Å². The summed E-state index contributed by atoms with van der Waals surface area (Å²) in [4.78, 5) is 16.5. The third-order valence-electron chi connectivity index (χ3n) is 4.02. The van der Waals surface area contributed by atoms with Crippen LogP contribution < -0.4 is 5.32 Å². The number of halogens is 1. The molecule has 0 atom stereocenters. The van der Waals surface area contributed by atoms with Crippen molar-refractivity contribution in [2.75, 3.05) is 6.54 Å². The van der Waals surface area contributed by atoms with Crippen LogP contribution in [0.4, 0.5) is 0 Å². The normalized spacial score (nSPS) is 11.8. The van der Waals surface area contributed by atoms with E-state index in [1.807, 2.05) is 41.9 Å². The van der Waals surface area contributed by atoms with Gasteiger partial charge < -0.3 is 10.3 Å². The molecule has 120 valence electrons. The van der Waals surface area contributed by atoms with E-state index in [1.54, 1.807) is 11.3 Å². The van der Waals surface area contributed by atoms with Crippen LogP contribution in [0.25, 0.3) is 10.9 Å². The number of aromatic amines is 1. The van der Waals surface area contributed by atoms with Gasteiger partial charge in [0, 0.05) is 39.0 Å². The zero-order valence-electron chi connectivity index (χ0n) is 13.2. The van der Waals surface area contributed by atoms with E-state index in [-0.39, 0.29) is 11.3 Å². The van der Waals surface area contributed by atoms with Gasteiger partial charge in [-0.1, -0.05) is 31.5 Å². The minimum atomic E-state index is -0.186. The van der Waals surface area contributed by atoms with E-state index in [9.17, 15) is 4.79 Å². The zero-order valence-corrected chi connectivity index (χ0v) is 14.7. The number of H-pyrrole nitrogens is 1. The lowest BCUT2D eigenvalue weighted by Crippen LogP contribution is -2.37. The fourth-order valence-electron chi connectivity index (χ4n) is 2.70. The highest BCUT2D eigenvalue weighted by Crippen LogP contribution is 2.31. The Balaban J connectivity index is 1.72. The maximum Gasteiger partial charge on any atom is 0.225 e. The molecule has 0 aliphatic heterocycles. The first-order chi connectivity index (χ1) is 11.0. The fourth-order valence-corrected chi connectivity index (χ4v) is 3.58. The maximum absolute atomic E-state index is 12.1. The largest absolute Gasteiger partial charge is 0.361 e. The molecule has 2 N–H and O–H groups in total. The van der Waals surface area contributed by atoms with Crippen LogP contribution in [0.15, 0.2) is 41.9 Å². The van der Waals surface area contributed by atoms with E-state index >= 15 is 0 Å². The number of carbonyl (C=O) groups is 1. The molecule has 0 bridgehead atoms. The lowest BCUT2D eigenvalue weighted by molar-refractivity contribution is -0.120. The average molecular weight is 347 g/mol. The third-order valence-corrected chi connectivity index (χ3v) is 5.13. The number of rotatable bonds is 5. The Labute approximate surface area is 144 Å². The Hall–Kier alpha value is -1.78. The summed E-state index contributed by atoms with van der Waals surface area (Å²) in [7, 11) is 0. The Morgan fingerprint density at radius 3 is 2.91 bits per heavy atom. The molecule has 2 heterocycles. The lowest BCUT2D eigenvalue weighted by Gasteiger charge is -2.25. The summed E-state index contributed by atoms with van der Waals surface area (Å²) in [6, 6.07) is 9.77. The van der Waals surface area contributed by atoms with Gasteiger partial charge in [0.25, 0.3) is 0 Å². The van der Waals surface area contributed by atoms with E-state index in [0.29, 0.717) is 13.0 Å². The second kappa shape index (κ2) is 6.38. The Kier molecular flexibility index (Phi) is 4.46. The molecule has 3 nitrogen and oxygen atoms in total. The molecule has 0 radical (unpaired) electrons. The number of aromatic nitrogens is 1. The van der Waals surface area contributed by atoms with Crippen LogP contribution in [0.2, 0.25) is 5.02 Å². The van der Waals surface area contributed by atoms with Crippen LogP contribution in [0.3, 0.4) is 0 Å². The van der Waals surface area contributed by atoms with Crippen molar-refractivity contribution in [1.29, 1.82) is 0 Å². The van der Waals surface area contributed by atoms with Crippen LogP contribution in [-0.4, -0.2) is 17.4 Å². The van der Waals surface area contributed by atoms with Gasteiger partial charge in [-0.25, -0.2) is 0 Å². The molecule has 0 saturated heterocycles. The van der Waals surface area contributed by atoms with Crippen molar-refractivity contribution in [3.8, 4) is 0 Å². The first-order valence-electron chi connectivity index (χ1n) is 7.52. The highest BCUT2D eigenvalue weighted by atomic mass is 35.5. The van der Waals surface area contributed by atoms with Gasteiger partial charge in [-0.15, -0.1) is 11.3 Å². The van der Waals surface area contributed by atoms with Crippen molar-refractivity contribution in [1.82, 2.24) is 10.3 Å². The molecule has 1 aromatic carbocycles. The number of benzene rings is 1. The van der Waals surface area contributed by atoms with Crippen molar-refractivity contribution >= 4 is 39.7 Å². The SMILES string of the molecule is CC(C)(CNC(=O)Cc1cccs1)c1c[nH]c2ccc(Cl)cc12. The first kappa shape index (κ1) is 16.1. The molecular formula is C18H19ClN2OS. The van der Waals surface area contributed by atoms with Crippen LogP contribution in [-0.2, 0) is 16.6 Å². The number of thiophene rings is 1. The van der Waals surface area contributed by atoms with Crippen molar-refractivity contribution < 1.29 is 4.79 Å². The number of nitrogens with one attached hydrogen (secondary N) is 2. The molecule has 5 heteroatoms. The molecule has 2 aromatic heterocycles. The number of fused-ring (bicyclic) bond motifs is 1. The molecule has 0 unspecified atom stereocenters. The van der Waals surface area contributed by atoms with Crippen LogP contribution in [0, 0.1) is 0 Å². The van der Waals surface area contributed by atoms with Crippen LogP contribution >= 0.6 is 22.9 Å². The lowest BCUT2D eigenvalue weighted by atomic mass is 9.84. The molecule has 1 amide bonds. The van der Waals surface area contributed by atoms with E-state index in [4.69, 9.17) is 11.6 Å². The smallest absolute Gasteiger partial charge is 0.225 e. The summed E-state index contributed by atoms with van der Waals surface area (Å²) in [6.07, 6.45) is 2.44. The van der Waals surface area contributed by atoms with E-state index < -0.39 is 0 Å². The molecule has 23 heavy (non-hydrogen) atoms. The van der Waals surface area contributed by atoms with Gasteiger partial charge in [0.05, 0.1) is 6.42 Å². The van der Waals surface area contributed by atoms with Crippen molar-refractivity contribution in [3.63, 3.8) is 0 Å². The summed E-state index contributed by atoms with van der Waals surface area (Å²) in [5.41, 5.74) is 2.03. The number of amides is 1. The van der Waals surface area contributed by atoms with E-state index in [0.717, 1.165) is 26.4 Å². The van der Waals surface area contributed by atoms with Crippen LogP contribution in [0.1, 0.15) is 24.3 Å². The van der Waals surface area contributed by atoms with Crippen molar-refractivity contribution in [2.45, 2.75) is 25.7 Å². The Morgan fingerprint density at radius 1 is 1.35 bits per heavy atom. The molecule has 0 spiro atoms. The molecule has 0 fully saturated rings. The molecule has 0 aliphatic rings. The van der Waals surface area contributed by atoms with Crippen molar-refractivity contribution in [2.24, 2.45) is 0 Å². The molecule has 3 rings (SSSR count). The number of carbonyl (C=O) groups excluding carboxylic acids is 1. The van der Waals surface area contributed by atoms with Gasteiger partial charge in [-0.2, -0.15) is 0 Å². The summed E-state index contributed by atoms with van der Waals surface area (Å²) in [5.74, 6) is 0.0541. The zero-order chi connectivity index (χ0) is 16.4. The second-order valence-corrected chi connectivity index (χ2v) is 7.78. The minimum Gasteiger partial charge on any atom is -0.361 e. The quantitative estimate of drug-likeness (QED) is 0.701. The standard InChI is InChI=1S/C18H19ClN2OS/c1-18(2,11-21-17(22)9-13-4-3-7-23-13)15-10-20-16-6-5-12(19)8-14(15)16/h3-8,10,20H,9,11H2,1-2H3,(H,21,22). The third kappa shape index (κ3) is 3.59. The Bertz CT molecular complexity index is 821. The monoisotopic (exact) mass is 346 g/mol. The first-order valence-corrected chi connectivity index (χ1v) is 8.78. The molecule has 0 aliphatic carbocycles. The highest BCUT2D eigenvalue weighted by molar-refractivity contribution is 7.10. The predicted molar refractivity (Wildman–Crippen MR) is 97.4 cm³/mol. The van der Waals surface area contributed by atoms with Gasteiger partial charge in [-0.05, 0) is 35.2 Å². The average Bonchev–Trinajstić information content (AvgIpc) is 3.14. The summed E-state index contributed by atoms with van der Waals surface area (Å²) in [6.45, 7) is 4.83. The molecule has 3 aromatic rings. The Morgan fingerprint density at radius 2 is 2.17 bits per heavy atom. The molecule has 0 saturated carbocycles. The highest BCUT2D eigenvalue weighted by Gasteiger charge is 2.25. The summed E-state index contributed by atoms with van der Waals surface area (Å²) >= 11 is 7.73. The van der Waals surface area contributed by atoms with E-state index in [2.05, 4.69) is 24.1 Å². The van der Waals surface area contributed by atoms with Crippen molar-refractivity contribution in [3.05, 3.63) is 57.4 Å². The fraction of sp³-hybridized carbons (Fsp3) is 0.278. The van der Waals surface area contributed by atoms with Gasteiger partial charge in [0.15, 0.2) is 0 Å². The minimum absolute atomic E-state index is 0.0541. The van der Waals surface area contributed by atoms with Gasteiger partial charge >= 0.3 is 0 Å². The van der Waals surface area contributed by atoms with Crippen LogP contribution in [0.5, 0.6) is 0 Å². The summed E-state index contributed by atoms with van der Waals surface area (Å²) in [5, 5.41) is 6.86. The predicted octanol–water partition coefficient (Wildman–Crippen LogP) is 4.52. The summed E-state index contributed by atoms with van der Waals surface area (Å²) < 4.78 is 0. The van der Waals surface area contributed by atoms with Gasteiger partial charge in [0.2, 0.25) is 5.91 Å². The maximum atomic E-state index is 12.1.